The first-order valence-electron chi connectivity index (χ1n) is 11.5. The molecule has 0 saturated carbocycles. The SMILES string of the molecule is CCCCCCSc1nc2sc3c(c2c(=O)n1-c1ccc(OC)cc1)C[C@@H](C(C)C)OC3. The van der Waals surface area contributed by atoms with Crippen molar-refractivity contribution in [2.45, 2.75) is 70.7 Å². The maximum Gasteiger partial charge on any atom is 0.267 e. The molecular formula is C25H32N2O3S2. The first-order chi connectivity index (χ1) is 15.5. The highest BCUT2D eigenvalue weighted by atomic mass is 32.2. The highest BCUT2D eigenvalue weighted by Crippen LogP contribution is 2.36. The number of thioether (sulfide) groups is 1. The van der Waals surface area contributed by atoms with Gasteiger partial charge in [-0.3, -0.25) is 9.36 Å². The Morgan fingerprint density at radius 3 is 2.72 bits per heavy atom. The highest BCUT2D eigenvalue weighted by molar-refractivity contribution is 7.99. The summed E-state index contributed by atoms with van der Waals surface area (Å²) in [6.45, 7) is 7.13. The number of aromatic nitrogens is 2. The quantitative estimate of drug-likeness (QED) is 0.210. The van der Waals surface area contributed by atoms with Crippen LogP contribution >= 0.6 is 23.1 Å². The Labute approximate surface area is 198 Å². The molecule has 0 unspecified atom stereocenters. The zero-order chi connectivity index (χ0) is 22.7. The van der Waals surface area contributed by atoms with Crippen molar-refractivity contribution < 1.29 is 9.47 Å². The van der Waals surface area contributed by atoms with Crippen LogP contribution in [0.5, 0.6) is 5.75 Å². The summed E-state index contributed by atoms with van der Waals surface area (Å²) in [5.41, 5.74) is 1.99. The summed E-state index contributed by atoms with van der Waals surface area (Å²) in [5, 5.41) is 1.54. The molecule has 0 spiro atoms. The average molecular weight is 473 g/mol. The van der Waals surface area contributed by atoms with E-state index in [1.54, 1.807) is 34.8 Å². The number of unbranched alkanes of at least 4 members (excludes halogenated alkanes) is 3. The molecule has 3 heterocycles. The Hall–Kier alpha value is -1.83. The van der Waals surface area contributed by atoms with Crippen molar-refractivity contribution in [1.29, 1.82) is 0 Å². The minimum Gasteiger partial charge on any atom is -0.497 e. The van der Waals surface area contributed by atoms with Crippen LogP contribution in [0.3, 0.4) is 0 Å². The van der Waals surface area contributed by atoms with Crippen LogP contribution in [0, 0.1) is 5.92 Å². The molecular weight excluding hydrogens is 440 g/mol. The van der Waals surface area contributed by atoms with E-state index in [0.717, 1.165) is 55.8 Å². The van der Waals surface area contributed by atoms with E-state index < -0.39 is 0 Å². The molecule has 0 bridgehead atoms. The summed E-state index contributed by atoms with van der Waals surface area (Å²) in [7, 11) is 1.65. The van der Waals surface area contributed by atoms with Crippen molar-refractivity contribution in [2.24, 2.45) is 5.92 Å². The van der Waals surface area contributed by atoms with Crippen LogP contribution in [0.15, 0.2) is 34.2 Å². The monoisotopic (exact) mass is 472 g/mol. The predicted molar refractivity (Wildman–Crippen MR) is 134 cm³/mol. The second-order valence-electron chi connectivity index (χ2n) is 8.62. The van der Waals surface area contributed by atoms with Crippen LogP contribution in [0.2, 0.25) is 0 Å². The summed E-state index contributed by atoms with van der Waals surface area (Å²) in [4.78, 5) is 20.9. The topological polar surface area (TPSA) is 53.4 Å². The second kappa shape index (κ2) is 10.4. The van der Waals surface area contributed by atoms with E-state index in [2.05, 4.69) is 20.8 Å². The number of benzene rings is 1. The lowest BCUT2D eigenvalue weighted by Crippen LogP contribution is -2.28. The van der Waals surface area contributed by atoms with Gasteiger partial charge in [0, 0.05) is 17.1 Å². The largest absolute Gasteiger partial charge is 0.497 e. The van der Waals surface area contributed by atoms with E-state index >= 15 is 0 Å². The zero-order valence-corrected chi connectivity index (χ0v) is 21.0. The van der Waals surface area contributed by atoms with Crippen LogP contribution < -0.4 is 10.3 Å². The third-order valence-corrected chi connectivity index (χ3v) is 8.14. The molecule has 0 radical (unpaired) electrons. The number of fused-ring (bicyclic) bond motifs is 3. The fraction of sp³-hybridized carbons (Fsp3) is 0.520. The summed E-state index contributed by atoms with van der Waals surface area (Å²) < 4.78 is 13.2. The number of methoxy groups -OCH3 is 1. The molecule has 1 aliphatic rings. The van der Waals surface area contributed by atoms with Gasteiger partial charge in [0.05, 0.1) is 30.9 Å². The normalized spacial score (nSPS) is 16.0. The van der Waals surface area contributed by atoms with Gasteiger partial charge in [0.2, 0.25) is 0 Å². The molecule has 0 aliphatic carbocycles. The van der Waals surface area contributed by atoms with Gasteiger partial charge in [-0.25, -0.2) is 4.98 Å². The summed E-state index contributed by atoms with van der Waals surface area (Å²) in [6.07, 6.45) is 5.70. The van der Waals surface area contributed by atoms with Crippen molar-refractivity contribution in [3.05, 3.63) is 45.1 Å². The first-order valence-corrected chi connectivity index (χ1v) is 13.3. The molecule has 1 atom stereocenters. The van der Waals surface area contributed by atoms with E-state index in [0.29, 0.717) is 12.5 Å². The van der Waals surface area contributed by atoms with Crippen LogP contribution in [-0.2, 0) is 17.8 Å². The van der Waals surface area contributed by atoms with Crippen molar-refractivity contribution >= 4 is 33.3 Å². The van der Waals surface area contributed by atoms with E-state index in [1.165, 1.54) is 19.3 Å². The van der Waals surface area contributed by atoms with Gasteiger partial charge in [-0.15, -0.1) is 11.3 Å². The molecule has 0 saturated heterocycles. The van der Waals surface area contributed by atoms with Gasteiger partial charge in [-0.1, -0.05) is 51.8 Å². The molecule has 2 aromatic heterocycles. The molecule has 7 heteroatoms. The molecule has 1 aliphatic heterocycles. The van der Waals surface area contributed by atoms with Gasteiger partial charge in [-0.2, -0.15) is 0 Å². The van der Waals surface area contributed by atoms with Crippen LogP contribution in [-0.4, -0.2) is 28.5 Å². The molecule has 1 aromatic carbocycles. The van der Waals surface area contributed by atoms with Crippen LogP contribution in [0.1, 0.15) is 56.9 Å². The fourth-order valence-electron chi connectivity index (χ4n) is 4.08. The first kappa shape index (κ1) is 23.3. The van der Waals surface area contributed by atoms with E-state index in [4.69, 9.17) is 14.5 Å². The van der Waals surface area contributed by atoms with E-state index in [-0.39, 0.29) is 11.7 Å². The Bertz CT molecular complexity index is 1120. The minimum absolute atomic E-state index is 0.0260. The molecule has 32 heavy (non-hydrogen) atoms. The van der Waals surface area contributed by atoms with Crippen molar-refractivity contribution in [2.75, 3.05) is 12.9 Å². The number of ether oxygens (including phenoxy) is 2. The minimum atomic E-state index is 0.0260. The Kier molecular flexibility index (Phi) is 7.59. The van der Waals surface area contributed by atoms with Crippen molar-refractivity contribution in [3.8, 4) is 11.4 Å². The number of hydrogen-bond acceptors (Lipinski definition) is 6. The lowest BCUT2D eigenvalue weighted by atomic mass is 9.96. The fourth-order valence-corrected chi connectivity index (χ4v) is 6.26. The van der Waals surface area contributed by atoms with Crippen LogP contribution in [0.25, 0.3) is 15.9 Å². The molecule has 5 nitrogen and oxygen atoms in total. The van der Waals surface area contributed by atoms with Gasteiger partial charge in [0.15, 0.2) is 5.16 Å². The zero-order valence-electron chi connectivity index (χ0n) is 19.3. The molecule has 3 aromatic rings. The van der Waals surface area contributed by atoms with Crippen LogP contribution in [0.4, 0.5) is 0 Å². The average Bonchev–Trinajstić information content (AvgIpc) is 3.17. The third-order valence-electron chi connectivity index (χ3n) is 6.01. The smallest absolute Gasteiger partial charge is 0.267 e. The van der Waals surface area contributed by atoms with Gasteiger partial charge < -0.3 is 9.47 Å². The van der Waals surface area contributed by atoms with E-state index in [9.17, 15) is 4.79 Å². The summed E-state index contributed by atoms with van der Waals surface area (Å²) in [5.74, 6) is 2.14. The molecule has 4 rings (SSSR count). The van der Waals surface area contributed by atoms with Crippen molar-refractivity contribution in [1.82, 2.24) is 9.55 Å². The molecule has 0 fully saturated rings. The summed E-state index contributed by atoms with van der Waals surface area (Å²) in [6, 6.07) is 7.67. The van der Waals surface area contributed by atoms with Gasteiger partial charge in [0.25, 0.3) is 5.56 Å². The Balaban J connectivity index is 1.79. The number of rotatable bonds is 9. The molecule has 0 amide bonds. The van der Waals surface area contributed by atoms with Gasteiger partial charge in [0.1, 0.15) is 10.6 Å². The summed E-state index contributed by atoms with van der Waals surface area (Å²) >= 11 is 3.30. The Morgan fingerprint density at radius 2 is 2.03 bits per heavy atom. The molecule has 172 valence electrons. The second-order valence-corrected chi connectivity index (χ2v) is 10.8. The lowest BCUT2D eigenvalue weighted by molar-refractivity contribution is 0.00200. The highest BCUT2D eigenvalue weighted by Gasteiger charge is 2.28. The lowest BCUT2D eigenvalue weighted by Gasteiger charge is -2.26. The number of hydrogen-bond donors (Lipinski definition) is 0. The number of nitrogens with zero attached hydrogens (tertiary/aromatic N) is 2. The van der Waals surface area contributed by atoms with Gasteiger partial charge >= 0.3 is 0 Å². The maximum atomic E-state index is 13.9. The van der Waals surface area contributed by atoms with Gasteiger partial charge in [-0.05, 0) is 42.2 Å². The Morgan fingerprint density at radius 1 is 1.25 bits per heavy atom. The molecule has 0 N–H and O–H groups in total. The predicted octanol–water partition coefficient (Wildman–Crippen LogP) is 6.23. The third kappa shape index (κ3) is 4.75. The number of thiophene rings is 1. The van der Waals surface area contributed by atoms with Crippen molar-refractivity contribution in [3.63, 3.8) is 0 Å². The maximum absolute atomic E-state index is 13.9. The van der Waals surface area contributed by atoms with E-state index in [1.807, 2.05) is 24.3 Å². The standard InChI is InChI=1S/C25H32N2O3S2/c1-5-6-7-8-13-31-25-26-23-22(19-14-20(16(2)3)30-15-21(19)32-23)24(28)27(25)17-9-11-18(29-4)12-10-17/h9-12,16,20H,5-8,13-15H2,1-4H3/t20-/m0/s1.